The molecule has 13 heteroatoms. The topological polar surface area (TPSA) is 102 Å². The van der Waals surface area contributed by atoms with E-state index in [-0.39, 0.29) is 17.5 Å². The molecule has 0 bridgehead atoms. The molecule has 5 rings (SSSR count). The second-order valence-corrected chi connectivity index (χ2v) is 11.8. The van der Waals surface area contributed by atoms with Crippen LogP contribution < -0.4 is 29.2 Å². The van der Waals surface area contributed by atoms with Crippen molar-refractivity contribution in [3.63, 3.8) is 0 Å². The molecule has 2 heterocycles. The average molecular weight is 677 g/mol. The van der Waals surface area contributed by atoms with Crippen LogP contribution in [0.5, 0.6) is 23.0 Å². The zero-order valence-corrected chi connectivity index (χ0v) is 28.5. The number of carbonyl (C=O) groups is 1. The van der Waals surface area contributed by atoms with E-state index in [0.717, 1.165) is 50.6 Å². The molecule has 4 aromatic rings. The lowest BCUT2D eigenvalue weighted by Gasteiger charge is -2.34. The van der Waals surface area contributed by atoms with Gasteiger partial charge in [-0.2, -0.15) is 4.98 Å². The van der Waals surface area contributed by atoms with Gasteiger partial charge >= 0.3 is 6.09 Å². The van der Waals surface area contributed by atoms with Crippen molar-refractivity contribution < 1.29 is 28.1 Å². The van der Waals surface area contributed by atoms with E-state index in [2.05, 4.69) is 32.0 Å². The monoisotopic (exact) mass is 676 g/mol. The summed E-state index contributed by atoms with van der Waals surface area (Å²) >= 11 is 1.46. The van der Waals surface area contributed by atoms with Gasteiger partial charge in [-0.1, -0.05) is 19.1 Å². The summed E-state index contributed by atoms with van der Waals surface area (Å²) < 4.78 is 37.7. The molecule has 1 N–H and O–H groups in total. The van der Waals surface area contributed by atoms with Crippen molar-refractivity contribution in [1.29, 1.82) is 0 Å². The minimum atomic E-state index is -0.722. The molecule has 0 radical (unpaired) electrons. The summed E-state index contributed by atoms with van der Waals surface area (Å²) in [6.45, 7) is 8.52. The number of thioether (sulfide) groups is 1. The third kappa shape index (κ3) is 8.85. The molecule has 0 unspecified atom stereocenters. The van der Waals surface area contributed by atoms with Gasteiger partial charge in [0.15, 0.2) is 11.6 Å². The second-order valence-electron chi connectivity index (χ2n) is 10.9. The highest BCUT2D eigenvalue weighted by molar-refractivity contribution is 7.98. The van der Waals surface area contributed by atoms with Gasteiger partial charge < -0.3 is 29.2 Å². The van der Waals surface area contributed by atoms with Gasteiger partial charge in [0, 0.05) is 67.7 Å². The van der Waals surface area contributed by atoms with Crippen LogP contribution in [0.2, 0.25) is 0 Å². The number of anilines is 4. The highest BCUT2D eigenvalue weighted by Crippen LogP contribution is 2.38. The number of benzene rings is 3. The number of carbonyl (C=O) groups excluding carboxylic acids is 1. The number of ether oxygens (including phenoxy) is 4. The third-order valence-electron chi connectivity index (χ3n) is 7.80. The lowest BCUT2D eigenvalue weighted by Crippen LogP contribution is -2.47. The maximum atomic E-state index is 15.1. The van der Waals surface area contributed by atoms with Gasteiger partial charge in [-0.25, -0.2) is 19.1 Å². The number of nitrogens with zero attached hydrogens (tertiary/aromatic N) is 5. The highest BCUT2D eigenvalue weighted by atomic mass is 32.2. The van der Waals surface area contributed by atoms with Crippen LogP contribution in [0.15, 0.2) is 77.8 Å². The van der Waals surface area contributed by atoms with Gasteiger partial charge in [-0.15, -0.1) is 11.8 Å². The van der Waals surface area contributed by atoms with Gasteiger partial charge in [-0.3, -0.25) is 4.90 Å². The second kappa shape index (κ2) is 17.0. The van der Waals surface area contributed by atoms with Crippen molar-refractivity contribution in [2.24, 2.45) is 0 Å². The summed E-state index contributed by atoms with van der Waals surface area (Å²) in [6, 6.07) is 18.4. The summed E-state index contributed by atoms with van der Waals surface area (Å²) in [5, 5.41) is 3.03. The molecule has 0 aliphatic carbocycles. The van der Waals surface area contributed by atoms with Crippen molar-refractivity contribution in [1.82, 2.24) is 19.8 Å². The lowest BCUT2D eigenvalue weighted by atomic mass is 10.2. The van der Waals surface area contributed by atoms with Crippen molar-refractivity contribution >= 4 is 41.0 Å². The Balaban J connectivity index is 1.31. The van der Waals surface area contributed by atoms with Crippen LogP contribution in [0.25, 0.3) is 0 Å². The van der Waals surface area contributed by atoms with Gasteiger partial charge in [0.05, 0.1) is 19.9 Å². The fourth-order valence-corrected chi connectivity index (χ4v) is 5.85. The van der Waals surface area contributed by atoms with Crippen molar-refractivity contribution in [2.75, 3.05) is 76.6 Å². The number of hydrogen-bond donors (Lipinski definition) is 1. The summed E-state index contributed by atoms with van der Waals surface area (Å²) in [4.78, 5) is 29.6. The molecule has 0 spiro atoms. The smallest absolute Gasteiger partial charge is 0.425 e. The molecule has 1 saturated heterocycles. The SMILES string of the molecule is CCCN1CCN(CCOc2ccc(Nc3nccc(N(C(=O)Oc4ccccc4SC)c4ccc(OC)cc4OC)n3)cc2F)CC1. The summed E-state index contributed by atoms with van der Waals surface area (Å²) in [5.74, 6) is 1.29. The largest absolute Gasteiger partial charge is 0.497 e. The van der Waals surface area contributed by atoms with Crippen LogP contribution in [0, 0.1) is 5.82 Å². The maximum Gasteiger partial charge on any atom is 0.425 e. The molecular weight excluding hydrogens is 635 g/mol. The number of piperazine rings is 1. The minimum absolute atomic E-state index is 0.137. The first-order valence-corrected chi connectivity index (χ1v) is 17.0. The highest BCUT2D eigenvalue weighted by Gasteiger charge is 2.27. The van der Waals surface area contributed by atoms with Crippen molar-refractivity contribution in [2.45, 2.75) is 18.2 Å². The number of rotatable bonds is 14. The number of hydrogen-bond acceptors (Lipinski definition) is 11. The summed E-state index contributed by atoms with van der Waals surface area (Å²) in [5.41, 5.74) is 0.777. The van der Waals surface area contributed by atoms with Gasteiger partial charge in [0.25, 0.3) is 0 Å². The number of nitrogens with one attached hydrogen (secondary N) is 1. The first-order valence-electron chi connectivity index (χ1n) is 15.8. The predicted molar refractivity (Wildman–Crippen MR) is 186 cm³/mol. The van der Waals surface area contributed by atoms with Crippen molar-refractivity contribution in [3.8, 4) is 23.0 Å². The molecule has 1 fully saturated rings. The Bertz CT molecular complexity index is 1670. The molecule has 0 atom stereocenters. The van der Waals surface area contributed by atoms with E-state index in [1.165, 1.54) is 36.0 Å². The number of methoxy groups -OCH3 is 2. The van der Waals surface area contributed by atoms with Gasteiger partial charge in [-0.05, 0) is 55.6 Å². The minimum Gasteiger partial charge on any atom is -0.497 e. The standard InChI is InChI=1S/C35H41FN6O5S/c1-5-16-40-17-19-41(20-18-40)21-22-46-29-13-10-25(23-27(29)36)38-34-37-15-14-33(39-34)42(28-12-11-26(44-2)24-31(28)45-3)35(43)47-30-8-6-7-9-32(30)48-4/h6-15,23-24H,5,16-22H2,1-4H3,(H,37,38,39). The maximum absolute atomic E-state index is 15.1. The number of para-hydroxylation sites is 1. The molecule has 1 amide bonds. The third-order valence-corrected chi connectivity index (χ3v) is 8.58. The average Bonchev–Trinajstić information content (AvgIpc) is 3.10. The normalized spacial score (nSPS) is 13.5. The molecule has 254 valence electrons. The van der Waals surface area contributed by atoms with E-state index in [9.17, 15) is 4.79 Å². The summed E-state index contributed by atoms with van der Waals surface area (Å²) in [6.07, 6.45) is 3.83. The lowest BCUT2D eigenvalue weighted by molar-refractivity contribution is 0.116. The predicted octanol–water partition coefficient (Wildman–Crippen LogP) is 6.84. The Morgan fingerprint density at radius 2 is 1.71 bits per heavy atom. The van der Waals surface area contributed by atoms with E-state index in [4.69, 9.17) is 18.9 Å². The van der Waals surface area contributed by atoms with E-state index >= 15 is 4.39 Å². The van der Waals surface area contributed by atoms with Gasteiger partial charge in [0.2, 0.25) is 5.95 Å². The Hall–Kier alpha value is -4.59. The Morgan fingerprint density at radius 1 is 0.938 bits per heavy atom. The van der Waals surface area contributed by atoms with Crippen LogP contribution in [0.3, 0.4) is 0 Å². The van der Waals surface area contributed by atoms with Crippen LogP contribution in [0.4, 0.5) is 32.3 Å². The van der Waals surface area contributed by atoms with Crippen LogP contribution in [-0.4, -0.2) is 92.2 Å². The quantitative estimate of drug-likeness (QED) is 0.142. The molecule has 3 aromatic carbocycles. The first-order chi connectivity index (χ1) is 23.4. The fraction of sp³-hybridized carbons (Fsp3) is 0.343. The number of halogens is 1. The molecule has 1 aliphatic heterocycles. The number of aromatic nitrogens is 2. The zero-order chi connectivity index (χ0) is 33.9. The zero-order valence-electron chi connectivity index (χ0n) is 27.6. The Morgan fingerprint density at radius 3 is 2.42 bits per heavy atom. The molecule has 0 saturated carbocycles. The molecule has 11 nitrogen and oxygen atoms in total. The van der Waals surface area contributed by atoms with Gasteiger partial charge in [0.1, 0.15) is 29.7 Å². The van der Waals surface area contributed by atoms with E-state index < -0.39 is 11.9 Å². The van der Waals surface area contributed by atoms with Crippen LogP contribution >= 0.6 is 11.8 Å². The molecule has 48 heavy (non-hydrogen) atoms. The fourth-order valence-electron chi connectivity index (χ4n) is 5.32. The molecule has 1 aromatic heterocycles. The Kier molecular flexibility index (Phi) is 12.3. The van der Waals surface area contributed by atoms with Crippen molar-refractivity contribution in [3.05, 3.63) is 78.7 Å². The van der Waals surface area contributed by atoms with E-state index in [1.807, 2.05) is 18.4 Å². The van der Waals surface area contributed by atoms with E-state index in [0.29, 0.717) is 35.2 Å². The molecular formula is C35H41FN6O5S. The summed E-state index contributed by atoms with van der Waals surface area (Å²) in [7, 11) is 3.04. The first kappa shape index (κ1) is 34.7. The molecule has 1 aliphatic rings. The van der Waals surface area contributed by atoms with Crippen LogP contribution in [0.1, 0.15) is 13.3 Å². The van der Waals surface area contributed by atoms with E-state index in [1.54, 1.807) is 55.6 Å². The Labute approximate surface area is 285 Å². The van der Waals surface area contributed by atoms with Crippen LogP contribution in [-0.2, 0) is 0 Å². The number of amides is 1.